The largest absolute Gasteiger partial charge is 0.349 e. The second-order valence-corrected chi connectivity index (χ2v) is 5.43. The highest BCUT2D eigenvalue weighted by Crippen LogP contribution is 2.20. The van der Waals surface area contributed by atoms with Crippen LogP contribution in [0.15, 0.2) is 48.7 Å². The summed E-state index contributed by atoms with van der Waals surface area (Å²) >= 11 is 0. The van der Waals surface area contributed by atoms with Crippen LogP contribution in [0.5, 0.6) is 0 Å². The summed E-state index contributed by atoms with van der Waals surface area (Å²) in [5.41, 5.74) is 1.38. The lowest BCUT2D eigenvalue weighted by molar-refractivity contribution is -0.121. The first-order valence-electron chi connectivity index (χ1n) is 7.62. The third-order valence-electron chi connectivity index (χ3n) is 3.76. The van der Waals surface area contributed by atoms with Crippen LogP contribution in [0, 0.1) is 5.82 Å². The molecule has 0 unspecified atom stereocenters. The molecular formula is C17H17FN4O2. The monoisotopic (exact) mass is 328 g/mol. The van der Waals surface area contributed by atoms with Crippen LogP contribution in [-0.2, 0) is 11.3 Å². The SMILES string of the molecule is O=C(CN1CCN(c2ccc(F)cc2)C1=O)NCc1ccccn1. The van der Waals surface area contributed by atoms with E-state index in [2.05, 4.69) is 10.3 Å². The molecule has 2 heterocycles. The third kappa shape index (κ3) is 3.68. The molecule has 0 aliphatic carbocycles. The maximum Gasteiger partial charge on any atom is 0.325 e. The molecular weight excluding hydrogens is 311 g/mol. The Bertz CT molecular complexity index is 721. The van der Waals surface area contributed by atoms with Crippen LogP contribution in [0.1, 0.15) is 5.69 Å². The number of benzene rings is 1. The van der Waals surface area contributed by atoms with Crippen LogP contribution in [0.25, 0.3) is 0 Å². The van der Waals surface area contributed by atoms with Crippen molar-refractivity contribution in [2.75, 3.05) is 24.5 Å². The quantitative estimate of drug-likeness (QED) is 0.910. The molecule has 7 heteroatoms. The fourth-order valence-electron chi connectivity index (χ4n) is 2.51. The standard InChI is InChI=1S/C17H17FN4O2/c18-13-4-6-15(7-5-13)22-10-9-21(17(22)24)12-16(23)20-11-14-3-1-2-8-19-14/h1-8H,9-12H2,(H,20,23). The molecule has 1 fully saturated rings. The third-order valence-corrected chi connectivity index (χ3v) is 3.76. The van der Waals surface area contributed by atoms with Crippen molar-refractivity contribution in [3.8, 4) is 0 Å². The van der Waals surface area contributed by atoms with E-state index in [-0.39, 0.29) is 24.3 Å². The molecule has 3 amide bonds. The molecule has 0 bridgehead atoms. The average molecular weight is 328 g/mol. The number of rotatable bonds is 5. The van der Waals surface area contributed by atoms with Crippen LogP contribution in [0.3, 0.4) is 0 Å². The van der Waals surface area contributed by atoms with E-state index in [0.29, 0.717) is 25.3 Å². The smallest absolute Gasteiger partial charge is 0.325 e. The summed E-state index contributed by atoms with van der Waals surface area (Å²) in [4.78, 5) is 31.5. The Morgan fingerprint density at radius 2 is 1.96 bits per heavy atom. The van der Waals surface area contributed by atoms with Gasteiger partial charge in [0.1, 0.15) is 12.4 Å². The van der Waals surface area contributed by atoms with E-state index in [1.165, 1.54) is 21.9 Å². The Morgan fingerprint density at radius 3 is 2.67 bits per heavy atom. The summed E-state index contributed by atoms with van der Waals surface area (Å²) in [6.07, 6.45) is 1.66. The fraction of sp³-hybridized carbons (Fsp3) is 0.235. The zero-order chi connectivity index (χ0) is 16.9. The van der Waals surface area contributed by atoms with Crippen molar-refractivity contribution < 1.29 is 14.0 Å². The minimum atomic E-state index is -0.351. The minimum absolute atomic E-state index is 0.0106. The first-order valence-corrected chi connectivity index (χ1v) is 7.62. The van der Waals surface area contributed by atoms with Crippen LogP contribution in [0.2, 0.25) is 0 Å². The lowest BCUT2D eigenvalue weighted by atomic mass is 10.3. The highest BCUT2D eigenvalue weighted by molar-refractivity contribution is 5.96. The van der Waals surface area contributed by atoms with Gasteiger partial charge in [-0.05, 0) is 36.4 Å². The highest BCUT2D eigenvalue weighted by atomic mass is 19.1. The normalized spacial score (nSPS) is 14.1. The van der Waals surface area contributed by atoms with Gasteiger partial charge in [0.15, 0.2) is 0 Å². The van der Waals surface area contributed by atoms with Crippen LogP contribution < -0.4 is 10.2 Å². The van der Waals surface area contributed by atoms with Crippen molar-refractivity contribution in [2.24, 2.45) is 0 Å². The van der Waals surface area contributed by atoms with Gasteiger partial charge in [-0.2, -0.15) is 0 Å². The molecule has 1 aromatic heterocycles. The van der Waals surface area contributed by atoms with Gasteiger partial charge in [0, 0.05) is 25.0 Å². The highest BCUT2D eigenvalue weighted by Gasteiger charge is 2.30. The molecule has 6 nitrogen and oxygen atoms in total. The number of pyridine rings is 1. The number of aromatic nitrogens is 1. The van der Waals surface area contributed by atoms with Gasteiger partial charge in [-0.1, -0.05) is 6.07 Å². The van der Waals surface area contributed by atoms with E-state index >= 15 is 0 Å². The minimum Gasteiger partial charge on any atom is -0.349 e. The van der Waals surface area contributed by atoms with Gasteiger partial charge in [0.25, 0.3) is 0 Å². The molecule has 3 rings (SSSR count). The summed E-state index contributed by atoms with van der Waals surface area (Å²) in [7, 11) is 0. The molecule has 124 valence electrons. The Kier molecular flexibility index (Phi) is 4.69. The second kappa shape index (κ2) is 7.08. The van der Waals surface area contributed by atoms with Gasteiger partial charge >= 0.3 is 6.03 Å². The number of anilines is 1. The lowest BCUT2D eigenvalue weighted by Crippen LogP contribution is -2.39. The Labute approximate surface area is 138 Å². The van der Waals surface area contributed by atoms with E-state index < -0.39 is 0 Å². The number of carbonyl (C=O) groups excluding carboxylic acids is 2. The zero-order valence-corrected chi connectivity index (χ0v) is 13.0. The average Bonchev–Trinajstić information content (AvgIpc) is 2.95. The number of hydrogen-bond acceptors (Lipinski definition) is 3. The number of urea groups is 1. The summed E-state index contributed by atoms with van der Waals surface area (Å²) in [5.74, 6) is -0.592. The summed E-state index contributed by atoms with van der Waals surface area (Å²) in [6.45, 7) is 1.23. The molecule has 0 saturated carbocycles. The number of hydrogen-bond donors (Lipinski definition) is 1. The van der Waals surface area contributed by atoms with Crippen molar-refractivity contribution in [1.29, 1.82) is 0 Å². The molecule has 1 saturated heterocycles. The van der Waals surface area contributed by atoms with Gasteiger partial charge < -0.3 is 10.2 Å². The molecule has 0 atom stereocenters. The maximum atomic E-state index is 13.0. The van der Waals surface area contributed by atoms with Crippen molar-refractivity contribution in [3.05, 3.63) is 60.2 Å². The van der Waals surface area contributed by atoms with Crippen molar-refractivity contribution in [3.63, 3.8) is 0 Å². The Hall–Kier alpha value is -2.96. The predicted molar refractivity (Wildman–Crippen MR) is 86.8 cm³/mol. The first kappa shape index (κ1) is 15.9. The number of halogens is 1. The molecule has 1 aromatic carbocycles. The van der Waals surface area contributed by atoms with E-state index in [0.717, 1.165) is 5.69 Å². The molecule has 1 aliphatic rings. The summed E-state index contributed by atoms with van der Waals surface area (Å²) in [5, 5.41) is 2.75. The number of amides is 3. The number of nitrogens with zero attached hydrogens (tertiary/aromatic N) is 3. The molecule has 1 N–H and O–H groups in total. The maximum absolute atomic E-state index is 13.0. The van der Waals surface area contributed by atoms with Crippen LogP contribution in [-0.4, -0.2) is 41.5 Å². The van der Waals surface area contributed by atoms with Crippen LogP contribution in [0.4, 0.5) is 14.9 Å². The molecule has 1 aliphatic heterocycles. The number of carbonyl (C=O) groups is 2. The van der Waals surface area contributed by atoms with Crippen molar-refractivity contribution in [2.45, 2.75) is 6.54 Å². The second-order valence-electron chi connectivity index (χ2n) is 5.43. The Balaban J connectivity index is 1.53. The van der Waals surface area contributed by atoms with Gasteiger partial charge in [-0.25, -0.2) is 9.18 Å². The Morgan fingerprint density at radius 1 is 1.17 bits per heavy atom. The molecule has 24 heavy (non-hydrogen) atoms. The first-order chi connectivity index (χ1) is 11.6. The summed E-state index contributed by atoms with van der Waals surface area (Å²) in [6, 6.07) is 10.9. The van der Waals surface area contributed by atoms with Gasteiger partial charge in [0.2, 0.25) is 5.91 Å². The zero-order valence-electron chi connectivity index (χ0n) is 13.0. The van der Waals surface area contributed by atoms with E-state index in [1.807, 2.05) is 12.1 Å². The summed E-state index contributed by atoms with van der Waals surface area (Å²) < 4.78 is 13.0. The van der Waals surface area contributed by atoms with Crippen LogP contribution >= 0.6 is 0 Å². The lowest BCUT2D eigenvalue weighted by Gasteiger charge is -2.18. The predicted octanol–water partition coefficient (Wildman–Crippen LogP) is 1.78. The molecule has 0 spiro atoms. The van der Waals surface area contributed by atoms with Crippen molar-refractivity contribution >= 4 is 17.6 Å². The number of nitrogens with one attached hydrogen (secondary N) is 1. The fourth-order valence-corrected chi connectivity index (χ4v) is 2.51. The van der Waals surface area contributed by atoms with Gasteiger partial charge in [0.05, 0.1) is 12.2 Å². The van der Waals surface area contributed by atoms with Gasteiger partial charge in [-0.3, -0.25) is 14.7 Å². The molecule has 0 radical (unpaired) electrons. The van der Waals surface area contributed by atoms with E-state index in [1.54, 1.807) is 24.4 Å². The van der Waals surface area contributed by atoms with E-state index in [4.69, 9.17) is 0 Å². The topological polar surface area (TPSA) is 65.5 Å². The van der Waals surface area contributed by atoms with E-state index in [9.17, 15) is 14.0 Å². The molecule has 2 aromatic rings. The van der Waals surface area contributed by atoms with Gasteiger partial charge in [-0.15, -0.1) is 0 Å². The van der Waals surface area contributed by atoms with Crippen molar-refractivity contribution in [1.82, 2.24) is 15.2 Å².